The van der Waals surface area contributed by atoms with Crippen molar-refractivity contribution in [2.24, 2.45) is 34.5 Å². The maximum absolute atomic E-state index is 13.2. The molecule has 0 amide bonds. The average molecular weight is 473 g/mol. The zero-order chi connectivity index (χ0) is 24.6. The Morgan fingerprint density at radius 3 is 2.53 bits per heavy atom. The quantitative estimate of drug-likeness (QED) is 0.429. The molecule has 188 valence electrons. The second-order valence-electron chi connectivity index (χ2n) is 12.2. The summed E-state index contributed by atoms with van der Waals surface area (Å²) in [5, 5.41) is 32.4. The van der Waals surface area contributed by atoms with E-state index in [1.54, 1.807) is 0 Å². The monoisotopic (exact) mass is 472 g/mol. The highest BCUT2D eigenvalue weighted by atomic mass is 16.5. The van der Waals surface area contributed by atoms with E-state index in [1.165, 1.54) is 0 Å². The van der Waals surface area contributed by atoms with Crippen LogP contribution in [0.3, 0.4) is 0 Å². The predicted molar refractivity (Wildman–Crippen MR) is 126 cm³/mol. The van der Waals surface area contributed by atoms with Crippen molar-refractivity contribution in [3.63, 3.8) is 0 Å². The van der Waals surface area contributed by atoms with E-state index in [-0.39, 0.29) is 35.6 Å². The number of hydrogen-bond donors (Lipinski definition) is 3. The number of fused-ring (bicyclic) bond motifs is 5. The molecule has 4 aliphatic carbocycles. The third-order valence-electron chi connectivity index (χ3n) is 11.2. The minimum atomic E-state index is -0.967. The van der Waals surface area contributed by atoms with Crippen molar-refractivity contribution in [1.29, 1.82) is 0 Å². The number of allylic oxidation sites excluding steroid dienone is 1. The van der Waals surface area contributed by atoms with Gasteiger partial charge in [0.15, 0.2) is 0 Å². The van der Waals surface area contributed by atoms with Gasteiger partial charge in [0.1, 0.15) is 11.9 Å². The van der Waals surface area contributed by atoms with Gasteiger partial charge in [-0.25, -0.2) is 4.79 Å². The number of aliphatic hydroxyl groups excluding tert-OH is 2. The lowest BCUT2D eigenvalue weighted by atomic mass is 9.46. The van der Waals surface area contributed by atoms with Gasteiger partial charge in [-0.3, -0.25) is 4.79 Å². The van der Waals surface area contributed by atoms with Crippen LogP contribution in [0.4, 0.5) is 0 Å². The van der Waals surface area contributed by atoms with Crippen LogP contribution in [0.5, 0.6) is 0 Å². The summed E-state index contributed by atoms with van der Waals surface area (Å²) in [6, 6.07) is 0. The lowest BCUT2D eigenvalue weighted by Crippen LogP contribution is -2.60. The predicted octanol–water partition coefficient (Wildman–Crippen LogP) is 3.48. The molecule has 3 fully saturated rings. The lowest BCUT2D eigenvalue weighted by molar-refractivity contribution is -0.182. The summed E-state index contributed by atoms with van der Waals surface area (Å²) in [7, 11) is 0. The highest BCUT2D eigenvalue weighted by Crippen LogP contribution is 2.68. The summed E-state index contributed by atoms with van der Waals surface area (Å²) >= 11 is 0. The minimum absolute atomic E-state index is 0.204. The number of aliphatic hydroxyl groups is 3. The van der Waals surface area contributed by atoms with Crippen molar-refractivity contribution >= 4 is 11.8 Å². The van der Waals surface area contributed by atoms with E-state index >= 15 is 0 Å². The van der Waals surface area contributed by atoms with Crippen LogP contribution >= 0.6 is 0 Å². The average Bonchev–Trinajstić information content (AvgIpc) is 3.07. The second kappa shape index (κ2) is 8.01. The molecule has 9 atom stereocenters. The molecular weight excluding hydrogens is 432 g/mol. The normalized spacial score (nSPS) is 47.4. The first-order valence-electron chi connectivity index (χ1n) is 13.1. The van der Waals surface area contributed by atoms with Gasteiger partial charge in [0.25, 0.3) is 0 Å². The number of Topliss-reactive ketones (excluding diaryl/α,β-unsaturated/α-hetero) is 1. The molecule has 6 nitrogen and oxygen atoms in total. The van der Waals surface area contributed by atoms with E-state index in [0.29, 0.717) is 37.2 Å². The molecule has 1 heterocycles. The van der Waals surface area contributed by atoms with Gasteiger partial charge < -0.3 is 20.1 Å². The van der Waals surface area contributed by atoms with Crippen LogP contribution in [0.15, 0.2) is 22.8 Å². The highest BCUT2D eigenvalue weighted by molar-refractivity contribution is 5.90. The molecule has 3 saturated carbocycles. The van der Waals surface area contributed by atoms with E-state index in [4.69, 9.17) is 4.74 Å². The number of rotatable bonds is 3. The van der Waals surface area contributed by atoms with E-state index in [9.17, 15) is 24.9 Å². The molecule has 0 aromatic heterocycles. The zero-order valence-electron chi connectivity index (χ0n) is 21.0. The van der Waals surface area contributed by atoms with E-state index in [0.717, 1.165) is 36.8 Å². The Bertz CT molecular complexity index is 966. The topological polar surface area (TPSA) is 104 Å². The Morgan fingerprint density at radius 2 is 1.85 bits per heavy atom. The zero-order valence-corrected chi connectivity index (χ0v) is 21.0. The number of ketones is 1. The van der Waals surface area contributed by atoms with Crippen LogP contribution < -0.4 is 0 Å². The maximum Gasteiger partial charge on any atom is 0.336 e. The van der Waals surface area contributed by atoms with Gasteiger partial charge in [-0.05, 0) is 81.1 Å². The second-order valence-corrected chi connectivity index (χ2v) is 12.2. The molecule has 0 radical (unpaired) electrons. The molecule has 5 rings (SSSR count). The van der Waals surface area contributed by atoms with Gasteiger partial charge in [0.2, 0.25) is 0 Å². The van der Waals surface area contributed by atoms with Crippen molar-refractivity contribution < 1.29 is 29.6 Å². The molecule has 0 aromatic rings. The molecule has 0 spiro atoms. The third kappa shape index (κ3) is 3.04. The van der Waals surface area contributed by atoms with Crippen molar-refractivity contribution in [2.45, 2.75) is 96.9 Å². The first kappa shape index (κ1) is 24.2. The number of carbonyl (C=O) groups is 2. The van der Waals surface area contributed by atoms with Gasteiger partial charge in [-0.1, -0.05) is 25.5 Å². The minimum Gasteiger partial charge on any atom is -0.458 e. The Labute approximate surface area is 202 Å². The number of carbonyl (C=O) groups excluding carboxylic acids is 2. The molecule has 34 heavy (non-hydrogen) atoms. The third-order valence-corrected chi connectivity index (χ3v) is 11.2. The van der Waals surface area contributed by atoms with Crippen LogP contribution in [0.25, 0.3) is 0 Å². The Hall–Kier alpha value is -1.50. The Kier molecular flexibility index (Phi) is 5.70. The van der Waals surface area contributed by atoms with Crippen LogP contribution in [0.2, 0.25) is 0 Å². The molecule has 5 aliphatic rings. The number of cyclic esters (lactones) is 1. The first-order valence-corrected chi connectivity index (χ1v) is 13.1. The highest BCUT2D eigenvalue weighted by Gasteiger charge is 2.67. The molecule has 6 heteroatoms. The largest absolute Gasteiger partial charge is 0.458 e. The number of ether oxygens (including phenoxy) is 1. The fraction of sp³-hybridized carbons (Fsp3) is 0.786. The fourth-order valence-corrected chi connectivity index (χ4v) is 8.99. The summed E-state index contributed by atoms with van der Waals surface area (Å²) in [5.74, 6) is 0.350. The van der Waals surface area contributed by atoms with Gasteiger partial charge in [-0.15, -0.1) is 0 Å². The summed E-state index contributed by atoms with van der Waals surface area (Å²) in [6.07, 6.45) is 6.81. The first-order chi connectivity index (χ1) is 16.0. The Balaban J connectivity index is 1.44. The molecule has 0 bridgehead atoms. The van der Waals surface area contributed by atoms with Gasteiger partial charge >= 0.3 is 5.97 Å². The lowest BCUT2D eigenvalue weighted by Gasteiger charge is -2.59. The van der Waals surface area contributed by atoms with Gasteiger partial charge in [0, 0.05) is 18.8 Å². The molecule has 0 saturated heterocycles. The van der Waals surface area contributed by atoms with E-state index in [2.05, 4.69) is 19.9 Å². The number of hydrogen-bond acceptors (Lipinski definition) is 6. The van der Waals surface area contributed by atoms with Crippen molar-refractivity contribution in [1.82, 2.24) is 0 Å². The van der Waals surface area contributed by atoms with Gasteiger partial charge in [0.05, 0.1) is 29.3 Å². The van der Waals surface area contributed by atoms with Crippen LogP contribution in [0, 0.1) is 34.5 Å². The van der Waals surface area contributed by atoms with E-state index in [1.807, 2.05) is 13.8 Å². The Morgan fingerprint density at radius 1 is 1.15 bits per heavy atom. The summed E-state index contributed by atoms with van der Waals surface area (Å²) < 4.78 is 5.74. The molecular formula is C28H40O6. The van der Waals surface area contributed by atoms with Crippen molar-refractivity contribution in [3.8, 4) is 0 Å². The van der Waals surface area contributed by atoms with Gasteiger partial charge in [-0.2, -0.15) is 0 Å². The fourth-order valence-electron chi connectivity index (χ4n) is 8.99. The molecule has 3 N–H and O–H groups in total. The SMILES string of the molecule is CC1=C(CO)C(=O)OC(C(C)C2(O)CCC3C4CC=C5C(O)CCC(=O)C5(C)C4CCC32C)C1. The number of esters is 1. The van der Waals surface area contributed by atoms with Crippen LogP contribution in [0.1, 0.15) is 79.1 Å². The smallest absolute Gasteiger partial charge is 0.336 e. The van der Waals surface area contributed by atoms with Crippen LogP contribution in [-0.4, -0.2) is 51.5 Å². The van der Waals surface area contributed by atoms with Crippen molar-refractivity contribution in [2.75, 3.05) is 6.61 Å². The van der Waals surface area contributed by atoms with Crippen LogP contribution in [-0.2, 0) is 14.3 Å². The maximum atomic E-state index is 13.2. The van der Waals surface area contributed by atoms with Crippen molar-refractivity contribution in [3.05, 3.63) is 22.8 Å². The molecule has 9 unspecified atom stereocenters. The summed E-state index contributed by atoms with van der Waals surface area (Å²) in [6.45, 7) is 7.82. The standard InChI is InChI=1S/C28H40O6/c1-15-13-23(34-25(32)18(15)14-29)16(2)28(33)12-10-19-17-5-6-21-22(30)7-8-24(31)27(21,4)20(17)9-11-26(19,28)3/h6,16-17,19-20,22-23,29-30,33H,5,7-14H2,1-4H3. The molecule has 1 aliphatic heterocycles. The molecule has 0 aromatic carbocycles. The summed E-state index contributed by atoms with van der Waals surface area (Å²) in [4.78, 5) is 25.7. The van der Waals surface area contributed by atoms with E-state index < -0.39 is 29.2 Å². The summed E-state index contributed by atoms with van der Waals surface area (Å²) in [5.41, 5.74) is 0.235.